The molecule has 3 rings (SSSR count). The Hall–Kier alpha value is -1.05. The Balaban J connectivity index is 0.00000432. The molecule has 1 saturated heterocycles. The molecule has 3 heterocycles. The van der Waals surface area contributed by atoms with Crippen LogP contribution in [0.15, 0.2) is 11.4 Å². The van der Waals surface area contributed by atoms with Gasteiger partial charge in [-0.2, -0.15) is 0 Å². The number of fused-ring (bicyclic) bond motifs is 1. The number of nitrogens with zero attached hydrogens (tertiary/aromatic N) is 7. The van der Waals surface area contributed by atoms with Crippen LogP contribution in [0.3, 0.4) is 0 Å². The number of aliphatic hydroxyl groups excluding tert-OH is 2. The standard InChI is InChI=1S/C10H15N8O13P3.Na/c11-7-4-8(14-2-13-7)18(10(15-4)16-17-12)9-6(20)5(19)3(29-9)1-28-33(24,25)31-34(26,27)30-32(21,22)23;/h2-3,5-6,9,19-20H,1H2,(H,24,25)(H,26,27)(H2,11,13,14)(H2,21,22,23);/q;+1/p-4/t3-,5-,6-,9-;/m1./s1. The maximum Gasteiger partial charge on any atom is 1.00 e. The van der Waals surface area contributed by atoms with Crippen LogP contribution in [0.4, 0.5) is 11.8 Å². The van der Waals surface area contributed by atoms with Crippen molar-refractivity contribution >= 4 is 46.4 Å². The summed E-state index contributed by atoms with van der Waals surface area (Å²) in [6, 6.07) is 0. The minimum absolute atomic E-state index is 0. The fourth-order valence-electron chi connectivity index (χ4n) is 2.79. The number of phosphoric acid groups is 3. The summed E-state index contributed by atoms with van der Waals surface area (Å²) in [6.45, 7) is -1.18. The SMILES string of the molecule is [N-]=[N+]=Nc1nc2c(N)ncnc2n1[C@@H]1O[C@H](COP(=O)([O-])OP(=O)([O-])OP(=O)([O-])[O-])[C@@H](O)[C@H]1O.[Na+]. The molecule has 0 radical (unpaired) electrons. The van der Waals surface area contributed by atoms with Gasteiger partial charge in [-0.25, -0.2) is 19.3 Å². The predicted octanol–water partition coefficient (Wildman–Crippen LogP) is -6.21. The van der Waals surface area contributed by atoms with E-state index in [2.05, 4.69) is 38.1 Å². The van der Waals surface area contributed by atoms with Crippen LogP contribution in [0.25, 0.3) is 21.6 Å². The van der Waals surface area contributed by atoms with E-state index in [-0.39, 0.29) is 46.5 Å². The molecule has 2 aromatic rings. The fraction of sp³-hybridized carbons (Fsp3) is 0.500. The van der Waals surface area contributed by atoms with Gasteiger partial charge in [0.25, 0.3) is 15.6 Å². The molecule has 35 heavy (non-hydrogen) atoms. The van der Waals surface area contributed by atoms with Crippen LogP contribution in [0.5, 0.6) is 0 Å². The second kappa shape index (κ2) is 11.1. The average Bonchev–Trinajstić information content (AvgIpc) is 3.16. The van der Waals surface area contributed by atoms with Gasteiger partial charge in [-0.15, -0.1) is 0 Å². The summed E-state index contributed by atoms with van der Waals surface area (Å²) in [5.41, 5.74) is 14.3. The fourth-order valence-corrected chi connectivity index (χ4v) is 5.65. The summed E-state index contributed by atoms with van der Waals surface area (Å²) < 4.78 is 50.1. The van der Waals surface area contributed by atoms with Crippen LogP contribution in [-0.4, -0.2) is 54.7 Å². The Morgan fingerprint density at radius 3 is 2.43 bits per heavy atom. The largest absolute Gasteiger partial charge is 1.00 e. The van der Waals surface area contributed by atoms with Crippen molar-refractivity contribution < 1.29 is 90.9 Å². The van der Waals surface area contributed by atoms with Gasteiger partial charge in [0.1, 0.15) is 24.6 Å². The Labute approximate surface area is 215 Å². The average molecular weight is 567 g/mol. The van der Waals surface area contributed by atoms with Crippen molar-refractivity contribution in [2.24, 2.45) is 5.11 Å². The molecule has 0 aliphatic carbocycles. The van der Waals surface area contributed by atoms with Crippen molar-refractivity contribution in [3.63, 3.8) is 0 Å². The third-order valence-electron chi connectivity index (χ3n) is 4.01. The molecule has 0 amide bonds. The number of hydrogen-bond donors (Lipinski definition) is 3. The predicted molar refractivity (Wildman–Crippen MR) is 95.4 cm³/mol. The maximum absolute atomic E-state index is 11.7. The van der Waals surface area contributed by atoms with E-state index in [0.29, 0.717) is 0 Å². The van der Waals surface area contributed by atoms with Gasteiger partial charge >= 0.3 is 29.6 Å². The molecule has 25 heteroatoms. The molecule has 188 valence electrons. The quantitative estimate of drug-likeness (QED) is 0.0833. The summed E-state index contributed by atoms with van der Waals surface area (Å²) in [7, 11) is -18.3. The number of ether oxygens (including phenoxy) is 1. The molecular formula is C10H11N8NaO13P3-3. The molecule has 1 fully saturated rings. The zero-order chi connectivity index (χ0) is 25.5. The van der Waals surface area contributed by atoms with Crippen LogP contribution in [0.1, 0.15) is 6.23 Å². The first-order valence-electron chi connectivity index (χ1n) is 8.40. The molecule has 21 nitrogen and oxygen atoms in total. The van der Waals surface area contributed by atoms with E-state index < -0.39 is 60.6 Å². The van der Waals surface area contributed by atoms with Crippen LogP contribution in [0.2, 0.25) is 0 Å². The van der Waals surface area contributed by atoms with E-state index in [9.17, 15) is 43.5 Å². The van der Waals surface area contributed by atoms with Gasteiger partial charge in [0, 0.05) is 4.91 Å². The molecule has 2 unspecified atom stereocenters. The third-order valence-corrected chi connectivity index (χ3v) is 7.67. The van der Waals surface area contributed by atoms with Crippen molar-refractivity contribution in [3.05, 3.63) is 16.8 Å². The Morgan fingerprint density at radius 1 is 1.17 bits per heavy atom. The van der Waals surface area contributed by atoms with E-state index in [0.717, 1.165) is 10.9 Å². The topological polar surface area (TPSA) is 339 Å². The zero-order valence-corrected chi connectivity index (χ0v) is 21.7. The van der Waals surface area contributed by atoms with E-state index in [1.807, 2.05) is 0 Å². The second-order valence-corrected chi connectivity index (χ2v) is 10.5. The Morgan fingerprint density at radius 2 is 1.83 bits per heavy atom. The summed E-state index contributed by atoms with van der Waals surface area (Å²) in [4.78, 5) is 57.6. The van der Waals surface area contributed by atoms with Crippen molar-refractivity contribution in [2.45, 2.75) is 24.5 Å². The number of anilines is 1. The van der Waals surface area contributed by atoms with Gasteiger partial charge in [-0.05, 0) is 10.6 Å². The zero-order valence-electron chi connectivity index (χ0n) is 17.0. The van der Waals surface area contributed by atoms with Gasteiger partial charge in [-0.3, -0.25) is 18.0 Å². The van der Waals surface area contributed by atoms with Gasteiger partial charge < -0.3 is 49.3 Å². The monoisotopic (exact) mass is 567 g/mol. The molecule has 1 aliphatic heterocycles. The molecule has 0 aromatic carbocycles. The van der Waals surface area contributed by atoms with Crippen LogP contribution in [-0.2, 0) is 31.6 Å². The first kappa shape index (κ1) is 30.2. The van der Waals surface area contributed by atoms with E-state index in [4.69, 9.17) is 16.0 Å². The van der Waals surface area contributed by atoms with Crippen LogP contribution in [0, 0.1) is 0 Å². The van der Waals surface area contributed by atoms with Crippen molar-refractivity contribution in [3.8, 4) is 0 Å². The molecule has 0 spiro atoms. The minimum Gasteiger partial charge on any atom is -0.790 e. The Bertz CT molecular complexity index is 1280. The van der Waals surface area contributed by atoms with Crippen LogP contribution >= 0.6 is 23.5 Å². The van der Waals surface area contributed by atoms with Gasteiger partial charge in [0.2, 0.25) is 5.95 Å². The summed E-state index contributed by atoms with van der Waals surface area (Å²) in [6.07, 6.45) is -5.98. The molecule has 0 bridgehead atoms. The summed E-state index contributed by atoms with van der Waals surface area (Å²) >= 11 is 0. The van der Waals surface area contributed by atoms with Crippen LogP contribution < -0.4 is 54.9 Å². The molecule has 6 atom stereocenters. The van der Waals surface area contributed by atoms with Gasteiger partial charge in [0.05, 0.1) is 14.4 Å². The molecular weight excluding hydrogens is 556 g/mol. The van der Waals surface area contributed by atoms with E-state index in [1.54, 1.807) is 0 Å². The van der Waals surface area contributed by atoms with Crippen molar-refractivity contribution in [1.82, 2.24) is 19.5 Å². The number of nitrogen functional groups attached to an aromatic ring is 1. The van der Waals surface area contributed by atoms with Gasteiger partial charge in [0.15, 0.2) is 23.2 Å². The first-order valence-corrected chi connectivity index (χ1v) is 12.8. The first-order chi connectivity index (χ1) is 15.6. The van der Waals surface area contributed by atoms with Crippen molar-refractivity contribution in [2.75, 3.05) is 12.3 Å². The molecule has 4 N–H and O–H groups in total. The summed E-state index contributed by atoms with van der Waals surface area (Å²) in [5.74, 6) is -0.565. The Kier molecular flexibility index (Phi) is 9.60. The maximum atomic E-state index is 11.7. The van der Waals surface area contributed by atoms with Gasteiger partial charge in [-0.1, -0.05) is 0 Å². The third kappa shape index (κ3) is 7.26. The second-order valence-electron chi connectivity index (χ2n) is 6.25. The van der Waals surface area contributed by atoms with E-state index >= 15 is 0 Å². The number of aromatic nitrogens is 4. The normalized spacial score (nSPS) is 25.9. The molecule has 0 saturated carbocycles. The van der Waals surface area contributed by atoms with E-state index in [1.165, 1.54) is 0 Å². The minimum atomic E-state index is -6.20. The van der Waals surface area contributed by atoms with Crippen molar-refractivity contribution in [1.29, 1.82) is 0 Å². The number of imidazole rings is 1. The summed E-state index contributed by atoms with van der Waals surface area (Å²) in [5, 5.41) is 23.9. The smallest absolute Gasteiger partial charge is 0.790 e. The molecule has 2 aromatic heterocycles. The number of rotatable bonds is 9. The number of hydrogen-bond acceptors (Lipinski definition) is 18. The number of aliphatic hydroxyl groups is 2. The number of azide groups is 1. The molecule has 1 aliphatic rings. The number of phosphoric ester groups is 1. The number of nitrogens with two attached hydrogens (primary N) is 1.